The number of rotatable bonds is 6. The molecule has 1 atom stereocenters. The van der Waals surface area contributed by atoms with Crippen LogP contribution in [-0.2, 0) is 14.8 Å². The fourth-order valence-corrected chi connectivity index (χ4v) is 5.80. The second-order valence-electron chi connectivity index (χ2n) is 7.87. The maximum atomic E-state index is 12.6. The second-order valence-corrected chi connectivity index (χ2v) is 11.2. The standard InChI is InChI=1S/C20H32N2O4S2/c1-6-22(7-2)28(24,25)18-12-10-16(11-13-18)27-17-9-8-14-21(15-17)19(23)26-20(3,4)5/h10-13,17H,6-9,14-15H2,1-5H3/t17-/m1/s1. The first kappa shape index (κ1) is 23.0. The minimum absolute atomic E-state index is 0.265. The van der Waals surface area contributed by atoms with E-state index in [-0.39, 0.29) is 11.3 Å². The number of ether oxygens (including phenoxy) is 1. The number of amides is 1. The summed E-state index contributed by atoms with van der Waals surface area (Å²) in [5.74, 6) is 0. The van der Waals surface area contributed by atoms with Crippen molar-refractivity contribution in [2.75, 3.05) is 26.2 Å². The van der Waals surface area contributed by atoms with Gasteiger partial charge in [-0.2, -0.15) is 4.31 Å². The lowest BCUT2D eigenvalue weighted by molar-refractivity contribution is 0.0220. The lowest BCUT2D eigenvalue weighted by atomic mass is 10.1. The first-order valence-corrected chi connectivity index (χ1v) is 12.1. The van der Waals surface area contributed by atoms with Crippen LogP contribution in [0, 0.1) is 0 Å². The van der Waals surface area contributed by atoms with E-state index in [1.807, 2.05) is 46.8 Å². The minimum Gasteiger partial charge on any atom is -0.444 e. The molecular formula is C20H32N2O4S2. The number of likely N-dealkylation sites (tertiary alicyclic amines) is 1. The highest BCUT2D eigenvalue weighted by Gasteiger charge is 2.28. The summed E-state index contributed by atoms with van der Waals surface area (Å²) in [7, 11) is -3.43. The number of piperidine rings is 1. The van der Waals surface area contributed by atoms with Gasteiger partial charge in [0, 0.05) is 36.3 Å². The molecule has 1 amide bonds. The molecule has 1 aromatic rings. The maximum absolute atomic E-state index is 12.6. The molecule has 8 heteroatoms. The molecule has 0 unspecified atom stereocenters. The highest BCUT2D eigenvalue weighted by atomic mass is 32.2. The molecule has 2 rings (SSSR count). The van der Waals surface area contributed by atoms with Gasteiger partial charge in [-0.25, -0.2) is 13.2 Å². The Hall–Kier alpha value is -1.25. The van der Waals surface area contributed by atoms with E-state index in [0.29, 0.717) is 31.1 Å². The highest BCUT2D eigenvalue weighted by Crippen LogP contribution is 2.31. The van der Waals surface area contributed by atoms with Crippen LogP contribution in [0.15, 0.2) is 34.1 Å². The molecule has 0 aliphatic carbocycles. The van der Waals surface area contributed by atoms with E-state index in [2.05, 4.69) is 0 Å². The summed E-state index contributed by atoms with van der Waals surface area (Å²) in [6.45, 7) is 11.6. The number of thioether (sulfide) groups is 1. The molecule has 1 heterocycles. The lowest BCUT2D eigenvalue weighted by Gasteiger charge is -2.33. The first-order chi connectivity index (χ1) is 13.1. The molecule has 1 aliphatic rings. The van der Waals surface area contributed by atoms with E-state index in [9.17, 15) is 13.2 Å². The average Bonchev–Trinajstić information content (AvgIpc) is 2.62. The Kier molecular flexibility index (Phi) is 7.81. The zero-order valence-electron chi connectivity index (χ0n) is 17.5. The lowest BCUT2D eigenvalue weighted by Crippen LogP contribution is -2.43. The van der Waals surface area contributed by atoms with Crippen molar-refractivity contribution in [3.63, 3.8) is 0 Å². The summed E-state index contributed by atoms with van der Waals surface area (Å²) in [6, 6.07) is 7.05. The van der Waals surface area contributed by atoms with Crippen LogP contribution in [0.5, 0.6) is 0 Å². The largest absolute Gasteiger partial charge is 0.444 e. The van der Waals surface area contributed by atoms with Crippen molar-refractivity contribution >= 4 is 27.9 Å². The van der Waals surface area contributed by atoms with Gasteiger partial charge < -0.3 is 9.64 Å². The minimum atomic E-state index is -3.43. The molecule has 0 saturated carbocycles. The van der Waals surface area contributed by atoms with Gasteiger partial charge in [-0.1, -0.05) is 13.8 Å². The van der Waals surface area contributed by atoms with Crippen LogP contribution in [0.3, 0.4) is 0 Å². The molecule has 0 radical (unpaired) electrons. The Morgan fingerprint density at radius 1 is 1.21 bits per heavy atom. The molecular weight excluding hydrogens is 396 g/mol. The predicted molar refractivity (Wildman–Crippen MR) is 113 cm³/mol. The van der Waals surface area contributed by atoms with Crippen molar-refractivity contribution in [2.45, 2.75) is 68.1 Å². The van der Waals surface area contributed by atoms with Crippen molar-refractivity contribution < 1.29 is 17.9 Å². The molecule has 0 N–H and O–H groups in total. The summed E-state index contributed by atoms with van der Waals surface area (Å²) in [5, 5.41) is 0.270. The van der Waals surface area contributed by atoms with E-state index in [1.165, 1.54) is 4.31 Å². The summed E-state index contributed by atoms with van der Waals surface area (Å²) >= 11 is 1.69. The Balaban J connectivity index is 2.01. The van der Waals surface area contributed by atoms with E-state index in [1.54, 1.807) is 28.8 Å². The topological polar surface area (TPSA) is 66.9 Å². The van der Waals surface area contributed by atoms with Crippen LogP contribution in [0.2, 0.25) is 0 Å². The smallest absolute Gasteiger partial charge is 0.410 e. The monoisotopic (exact) mass is 428 g/mol. The third-order valence-corrected chi connectivity index (χ3v) is 7.83. The number of sulfonamides is 1. The van der Waals surface area contributed by atoms with Gasteiger partial charge in [-0.15, -0.1) is 11.8 Å². The van der Waals surface area contributed by atoms with Crippen LogP contribution in [0.1, 0.15) is 47.5 Å². The Bertz CT molecular complexity index is 753. The maximum Gasteiger partial charge on any atom is 0.410 e. The summed E-state index contributed by atoms with van der Waals surface area (Å²) < 4.78 is 32.1. The first-order valence-electron chi connectivity index (χ1n) is 9.81. The van der Waals surface area contributed by atoms with Gasteiger partial charge in [0.15, 0.2) is 0 Å². The van der Waals surface area contributed by atoms with Crippen LogP contribution < -0.4 is 0 Å². The van der Waals surface area contributed by atoms with Gasteiger partial charge in [0.05, 0.1) is 4.90 Å². The molecule has 1 saturated heterocycles. The third kappa shape index (κ3) is 6.12. The normalized spacial score (nSPS) is 18.4. The van der Waals surface area contributed by atoms with Gasteiger partial charge in [0.1, 0.15) is 5.60 Å². The average molecular weight is 429 g/mol. The predicted octanol–water partition coefficient (Wildman–Crippen LogP) is 4.21. The molecule has 0 bridgehead atoms. The van der Waals surface area contributed by atoms with Crippen molar-refractivity contribution in [2.24, 2.45) is 0 Å². The summed E-state index contributed by atoms with van der Waals surface area (Å²) in [4.78, 5) is 15.4. The van der Waals surface area contributed by atoms with Crippen molar-refractivity contribution in [1.82, 2.24) is 9.21 Å². The molecule has 1 aliphatic heterocycles. The van der Waals surface area contributed by atoms with Gasteiger partial charge in [0.25, 0.3) is 0 Å². The number of carbonyl (C=O) groups is 1. The van der Waals surface area contributed by atoms with E-state index < -0.39 is 15.6 Å². The third-order valence-electron chi connectivity index (χ3n) is 4.50. The molecule has 0 spiro atoms. The summed E-state index contributed by atoms with van der Waals surface area (Å²) in [5.41, 5.74) is -0.497. The van der Waals surface area contributed by atoms with Gasteiger partial charge in [-0.05, 0) is 57.9 Å². The zero-order chi connectivity index (χ0) is 20.9. The van der Waals surface area contributed by atoms with Crippen molar-refractivity contribution in [3.8, 4) is 0 Å². The fraction of sp³-hybridized carbons (Fsp3) is 0.650. The van der Waals surface area contributed by atoms with Crippen molar-refractivity contribution in [1.29, 1.82) is 0 Å². The van der Waals surface area contributed by atoms with Crippen LogP contribution in [0.4, 0.5) is 4.79 Å². The number of hydrogen-bond donors (Lipinski definition) is 0. The highest BCUT2D eigenvalue weighted by molar-refractivity contribution is 8.00. The van der Waals surface area contributed by atoms with Crippen LogP contribution in [0.25, 0.3) is 0 Å². The molecule has 1 aromatic carbocycles. The number of benzene rings is 1. The van der Waals surface area contributed by atoms with Crippen LogP contribution in [-0.4, -0.2) is 60.7 Å². The van der Waals surface area contributed by atoms with E-state index in [0.717, 1.165) is 17.7 Å². The molecule has 6 nitrogen and oxygen atoms in total. The number of carbonyl (C=O) groups excluding carboxylic acids is 1. The number of hydrogen-bond acceptors (Lipinski definition) is 5. The van der Waals surface area contributed by atoms with Crippen LogP contribution >= 0.6 is 11.8 Å². The van der Waals surface area contributed by atoms with Gasteiger partial charge >= 0.3 is 6.09 Å². The molecule has 1 fully saturated rings. The van der Waals surface area contributed by atoms with E-state index in [4.69, 9.17) is 4.74 Å². The number of nitrogens with zero attached hydrogens (tertiary/aromatic N) is 2. The van der Waals surface area contributed by atoms with Crippen molar-refractivity contribution in [3.05, 3.63) is 24.3 Å². The quantitative estimate of drug-likeness (QED) is 0.679. The SMILES string of the molecule is CCN(CC)S(=O)(=O)c1ccc(S[C@@H]2CCCN(C(=O)OC(C)(C)C)C2)cc1. The second kappa shape index (κ2) is 9.50. The van der Waals surface area contributed by atoms with Gasteiger partial charge in [-0.3, -0.25) is 0 Å². The fourth-order valence-electron chi connectivity index (χ4n) is 3.12. The Labute approximate surface area is 173 Å². The Morgan fingerprint density at radius 3 is 2.36 bits per heavy atom. The Morgan fingerprint density at radius 2 is 1.82 bits per heavy atom. The van der Waals surface area contributed by atoms with E-state index >= 15 is 0 Å². The molecule has 158 valence electrons. The molecule has 0 aromatic heterocycles. The van der Waals surface area contributed by atoms with Gasteiger partial charge in [0.2, 0.25) is 10.0 Å². The zero-order valence-corrected chi connectivity index (χ0v) is 19.1. The molecule has 28 heavy (non-hydrogen) atoms. The summed E-state index contributed by atoms with van der Waals surface area (Å²) in [6.07, 6.45) is 1.69.